The molecule has 3 atom stereocenters. The summed E-state index contributed by atoms with van der Waals surface area (Å²) in [6.07, 6.45) is 10.9. The van der Waals surface area contributed by atoms with Gasteiger partial charge in [-0.1, -0.05) is 39.5 Å². The highest BCUT2D eigenvalue weighted by atomic mass is 16.5. The lowest BCUT2D eigenvalue weighted by molar-refractivity contribution is -0.148. The van der Waals surface area contributed by atoms with Crippen LogP contribution in [-0.2, 0) is 9.53 Å². The van der Waals surface area contributed by atoms with Gasteiger partial charge in [0.1, 0.15) is 0 Å². The van der Waals surface area contributed by atoms with E-state index in [4.69, 9.17) is 4.74 Å². The standard InChI is InChI=1S/C17H31NO2/c1-3-5-6-7-9-14(4-2)17(19)18-12-13-20-16-11-8-10-15(16)18/h14-16H,3-13H2,1-2H3/t14-,15+,16-/m0/s1. The molecule has 1 saturated heterocycles. The minimum Gasteiger partial charge on any atom is -0.374 e. The van der Waals surface area contributed by atoms with E-state index >= 15 is 0 Å². The summed E-state index contributed by atoms with van der Waals surface area (Å²) in [4.78, 5) is 15.0. The molecule has 2 rings (SSSR count). The summed E-state index contributed by atoms with van der Waals surface area (Å²) in [6, 6.07) is 0.376. The zero-order chi connectivity index (χ0) is 14.4. The average Bonchev–Trinajstić information content (AvgIpc) is 2.95. The Morgan fingerprint density at radius 3 is 2.85 bits per heavy atom. The summed E-state index contributed by atoms with van der Waals surface area (Å²) in [5.74, 6) is 0.649. The Bertz CT molecular complexity index is 305. The predicted octanol–water partition coefficient (Wildman–Crippen LogP) is 3.76. The van der Waals surface area contributed by atoms with Crippen molar-refractivity contribution in [3.8, 4) is 0 Å². The van der Waals surface area contributed by atoms with Crippen LogP contribution in [0.4, 0.5) is 0 Å². The number of ether oxygens (including phenoxy) is 1. The topological polar surface area (TPSA) is 29.5 Å². The number of rotatable bonds is 7. The van der Waals surface area contributed by atoms with E-state index in [2.05, 4.69) is 18.7 Å². The number of carbonyl (C=O) groups excluding carboxylic acids is 1. The van der Waals surface area contributed by atoms with E-state index in [1.54, 1.807) is 0 Å². The van der Waals surface area contributed by atoms with Gasteiger partial charge >= 0.3 is 0 Å². The quantitative estimate of drug-likeness (QED) is 0.665. The van der Waals surface area contributed by atoms with Crippen molar-refractivity contribution in [1.29, 1.82) is 0 Å². The summed E-state index contributed by atoms with van der Waals surface area (Å²) in [5.41, 5.74) is 0. The lowest BCUT2D eigenvalue weighted by Gasteiger charge is -2.39. The molecular formula is C17H31NO2. The van der Waals surface area contributed by atoms with Crippen molar-refractivity contribution in [3.05, 3.63) is 0 Å². The number of fused-ring (bicyclic) bond motifs is 1. The van der Waals surface area contributed by atoms with Gasteiger partial charge in [-0.3, -0.25) is 4.79 Å². The number of morpholine rings is 1. The maximum Gasteiger partial charge on any atom is 0.226 e. The highest BCUT2D eigenvalue weighted by Crippen LogP contribution is 2.31. The van der Waals surface area contributed by atoms with Crippen LogP contribution >= 0.6 is 0 Å². The van der Waals surface area contributed by atoms with Gasteiger partial charge < -0.3 is 9.64 Å². The highest BCUT2D eigenvalue weighted by Gasteiger charge is 2.39. The molecule has 1 aliphatic heterocycles. The van der Waals surface area contributed by atoms with E-state index in [9.17, 15) is 4.79 Å². The van der Waals surface area contributed by atoms with Crippen LogP contribution in [0.3, 0.4) is 0 Å². The average molecular weight is 281 g/mol. The van der Waals surface area contributed by atoms with E-state index in [-0.39, 0.29) is 5.92 Å². The number of hydrogen-bond donors (Lipinski definition) is 0. The first-order valence-electron chi connectivity index (χ1n) is 8.70. The maximum absolute atomic E-state index is 12.8. The monoisotopic (exact) mass is 281 g/mol. The van der Waals surface area contributed by atoms with Crippen LogP contribution in [-0.4, -0.2) is 36.1 Å². The third-order valence-corrected chi connectivity index (χ3v) is 5.01. The predicted molar refractivity (Wildman–Crippen MR) is 81.6 cm³/mol. The molecule has 0 aromatic rings. The lowest BCUT2D eigenvalue weighted by atomic mass is 9.95. The fraction of sp³-hybridized carbons (Fsp3) is 0.941. The van der Waals surface area contributed by atoms with Crippen LogP contribution in [0.2, 0.25) is 0 Å². The van der Waals surface area contributed by atoms with Crippen molar-refractivity contribution in [2.24, 2.45) is 5.92 Å². The highest BCUT2D eigenvalue weighted by molar-refractivity contribution is 5.79. The first-order chi connectivity index (χ1) is 9.77. The summed E-state index contributed by atoms with van der Waals surface area (Å²) >= 11 is 0. The molecule has 0 unspecified atom stereocenters. The van der Waals surface area contributed by atoms with Crippen molar-refractivity contribution >= 4 is 5.91 Å². The third kappa shape index (κ3) is 3.75. The zero-order valence-electron chi connectivity index (χ0n) is 13.3. The van der Waals surface area contributed by atoms with Crippen molar-refractivity contribution in [2.45, 2.75) is 83.8 Å². The number of amides is 1. The number of unbranched alkanes of at least 4 members (excludes halogenated alkanes) is 3. The number of nitrogens with zero attached hydrogens (tertiary/aromatic N) is 1. The molecule has 1 amide bonds. The lowest BCUT2D eigenvalue weighted by Crippen LogP contribution is -2.53. The normalized spacial score (nSPS) is 27.4. The van der Waals surface area contributed by atoms with Crippen molar-refractivity contribution in [1.82, 2.24) is 4.90 Å². The zero-order valence-corrected chi connectivity index (χ0v) is 13.3. The molecule has 0 aromatic carbocycles. The number of hydrogen-bond acceptors (Lipinski definition) is 2. The summed E-state index contributed by atoms with van der Waals surface area (Å²) < 4.78 is 5.81. The van der Waals surface area contributed by atoms with Crippen LogP contribution in [0.1, 0.15) is 71.6 Å². The van der Waals surface area contributed by atoms with E-state index < -0.39 is 0 Å². The Morgan fingerprint density at radius 2 is 2.10 bits per heavy atom. The van der Waals surface area contributed by atoms with Gasteiger partial charge in [-0.2, -0.15) is 0 Å². The van der Waals surface area contributed by atoms with Gasteiger partial charge in [-0.05, 0) is 32.1 Å². The molecule has 0 aromatic heterocycles. The van der Waals surface area contributed by atoms with Crippen LogP contribution < -0.4 is 0 Å². The van der Waals surface area contributed by atoms with Crippen LogP contribution in [0.15, 0.2) is 0 Å². The fourth-order valence-electron chi connectivity index (χ4n) is 3.75. The molecule has 116 valence electrons. The molecule has 2 aliphatic rings. The smallest absolute Gasteiger partial charge is 0.226 e. The second-order valence-corrected chi connectivity index (χ2v) is 6.39. The number of carbonyl (C=O) groups is 1. The Balaban J connectivity index is 1.86. The molecule has 0 bridgehead atoms. The molecule has 1 heterocycles. The molecule has 2 fully saturated rings. The molecule has 0 N–H and O–H groups in total. The molecule has 3 heteroatoms. The van der Waals surface area contributed by atoms with Gasteiger partial charge in [-0.25, -0.2) is 0 Å². The maximum atomic E-state index is 12.8. The minimum absolute atomic E-state index is 0.242. The Hall–Kier alpha value is -0.570. The minimum atomic E-state index is 0.242. The Morgan fingerprint density at radius 1 is 1.25 bits per heavy atom. The molecule has 1 saturated carbocycles. The SMILES string of the molecule is CCCCCC[C@H](CC)C(=O)N1CCO[C@H]2CCC[C@H]21. The van der Waals surface area contributed by atoms with E-state index in [1.165, 1.54) is 32.1 Å². The van der Waals surface area contributed by atoms with Gasteiger partial charge in [0.25, 0.3) is 0 Å². The molecular weight excluding hydrogens is 250 g/mol. The van der Waals surface area contributed by atoms with Crippen molar-refractivity contribution in [2.75, 3.05) is 13.2 Å². The first-order valence-corrected chi connectivity index (χ1v) is 8.70. The van der Waals surface area contributed by atoms with Gasteiger partial charge in [0.05, 0.1) is 18.8 Å². The second kappa shape index (κ2) is 8.02. The van der Waals surface area contributed by atoms with Crippen LogP contribution in [0, 0.1) is 5.92 Å². The van der Waals surface area contributed by atoms with E-state index in [0.29, 0.717) is 18.1 Å². The van der Waals surface area contributed by atoms with Crippen molar-refractivity contribution in [3.63, 3.8) is 0 Å². The van der Waals surface area contributed by atoms with Gasteiger partial charge in [0, 0.05) is 12.5 Å². The van der Waals surface area contributed by atoms with Gasteiger partial charge in [0.2, 0.25) is 5.91 Å². The van der Waals surface area contributed by atoms with E-state index in [0.717, 1.165) is 38.8 Å². The molecule has 1 aliphatic carbocycles. The molecule has 0 spiro atoms. The summed E-state index contributed by atoms with van der Waals surface area (Å²) in [6.45, 7) is 5.94. The second-order valence-electron chi connectivity index (χ2n) is 6.39. The van der Waals surface area contributed by atoms with Gasteiger partial charge in [0.15, 0.2) is 0 Å². The fourth-order valence-corrected chi connectivity index (χ4v) is 3.75. The van der Waals surface area contributed by atoms with Crippen molar-refractivity contribution < 1.29 is 9.53 Å². The molecule has 0 radical (unpaired) electrons. The van der Waals surface area contributed by atoms with Crippen LogP contribution in [0.25, 0.3) is 0 Å². The Labute approximate surface area is 124 Å². The largest absolute Gasteiger partial charge is 0.374 e. The summed E-state index contributed by atoms with van der Waals surface area (Å²) in [7, 11) is 0. The first kappa shape index (κ1) is 15.8. The van der Waals surface area contributed by atoms with E-state index in [1.807, 2.05) is 0 Å². The molecule has 3 nitrogen and oxygen atoms in total. The van der Waals surface area contributed by atoms with Crippen LogP contribution in [0.5, 0.6) is 0 Å². The third-order valence-electron chi connectivity index (χ3n) is 5.01. The summed E-state index contributed by atoms with van der Waals surface area (Å²) in [5, 5.41) is 0. The Kier molecular flexibility index (Phi) is 6.34. The molecule has 20 heavy (non-hydrogen) atoms. The van der Waals surface area contributed by atoms with Gasteiger partial charge in [-0.15, -0.1) is 0 Å².